The van der Waals surface area contributed by atoms with Gasteiger partial charge in [0.1, 0.15) is 5.75 Å². The Kier molecular flexibility index (Phi) is 6.97. The Bertz CT molecular complexity index is 332. The molecule has 96 valence electrons. The fourth-order valence-electron chi connectivity index (χ4n) is 1.19. The predicted molar refractivity (Wildman–Crippen MR) is 69.8 cm³/mol. The van der Waals surface area contributed by atoms with Crippen molar-refractivity contribution in [2.45, 2.75) is 12.8 Å². The van der Waals surface area contributed by atoms with E-state index in [0.717, 1.165) is 12.8 Å². The van der Waals surface area contributed by atoms with Crippen molar-refractivity contribution in [1.29, 1.82) is 0 Å². The summed E-state index contributed by atoms with van der Waals surface area (Å²) < 4.78 is 10.7. The number of hydrogen-bond acceptors (Lipinski definition) is 3. The Morgan fingerprint density at radius 3 is 2.24 bits per heavy atom. The van der Waals surface area contributed by atoms with E-state index in [-0.39, 0.29) is 5.75 Å². The summed E-state index contributed by atoms with van der Waals surface area (Å²) >= 11 is 11.1. The van der Waals surface area contributed by atoms with Crippen LogP contribution < -0.4 is 9.47 Å². The summed E-state index contributed by atoms with van der Waals surface area (Å²) in [6.45, 7) is 1.03. The van der Waals surface area contributed by atoms with Crippen molar-refractivity contribution in [3.63, 3.8) is 0 Å². The van der Waals surface area contributed by atoms with Crippen LogP contribution in [0.5, 0.6) is 17.2 Å². The minimum Gasteiger partial charge on any atom is -0.504 e. The van der Waals surface area contributed by atoms with Gasteiger partial charge in [-0.1, -0.05) is 0 Å². The van der Waals surface area contributed by atoms with Crippen LogP contribution in [0.15, 0.2) is 18.2 Å². The van der Waals surface area contributed by atoms with E-state index < -0.39 is 0 Å². The van der Waals surface area contributed by atoms with Crippen LogP contribution in [0.1, 0.15) is 12.8 Å². The number of aromatic hydroxyl groups is 1. The zero-order valence-corrected chi connectivity index (χ0v) is 11.0. The Morgan fingerprint density at radius 1 is 1.00 bits per heavy atom. The standard InChI is InChI=1S/C12H16Cl2O3/c13-5-1-7-16-10-3-4-12(11(15)9-10)17-8-2-6-14/h3-4,9,15H,1-2,5-8H2. The van der Waals surface area contributed by atoms with E-state index in [1.807, 2.05) is 0 Å². The first-order valence-corrected chi connectivity index (χ1v) is 6.55. The van der Waals surface area contributed by atoms with Gasteiger partial charge in [-0.05, 0) is 25.0 Å². The molecule has 0 bridgehead atoms. The predicted octanol–water partition coefficient (Wildman–Crippen LogP) is 3.41. The quantitative estimate of drug-likeness (QED) is 0.585. The second kappa shape index (κ2) is 8.31. The van der Waals surface area contributed by atoms with Crippen LogP contribution >= 0.6 is 23.2 Å². The molecule has 0 amide bonds. The molecule has 0 aromatic heterocycles. The van der Waals surface area contributed by atoms with Gasteiger partial charge in [-0.3, -0.25) is 0 Å². The third-order valence-electron chi connectivity index (χ3n) is 2.01. The molecule has 0 aliphatic carbocycles. The lowest BCUT2D eigenvalue weighted by Gasteiger charge is -2.09. The summed E-state index contributed by atoms with van der Waals surface area (Å²) in [5, 5.41) is 9.68. The molecule has 0 aliphatic rings. The fourth-order valence-corrected chi connectivity index (χ4v) is 1.41. The molecule has 0 saturated heterocycles. The Labute approximate surface area is 111 Å². The molecular weight excluding hydrogens is 263 g/mol. The number of ether oxygens (including phenoxy) is 2. The molecule has 0 unspecified atom stereocenters. The van der Waals surface area contributed by atoms with Gasteiger partial charge < -0.3 is 14.6 Å². The van der Waals surface area contributed by atoms with E-state index in [0.29, 0.717) is 36.5 Å². The molecular formula is C12H16Cl2O3. The zero-order valence-electron chi connectivity index (χ0n) is 9.49. The number of rotatable bonds is 8. The second-order valence-electron chi connectivity index (χ2n) is 3.41. The highest BCUT2D eigenvalue weighted by atomic mass is 35.5. The first-order valence-electron chi connectivity index (χ1n) is 5.48. The van der Waals surface area contributed by atoms with Crippen molar-refractivity contribution < 1.29 is 14.6 Å². The summed E-state index contributed by atoms with van der Waals surface area (Å²) in [4.78, 5) is 0. The zero-order chi connectivity index (χ0) is 12.5. The average molecular weight is 279 g/mol. The molecule has 0 fully saturated rings. The highest BCUT2D eigenvalue weighted by molar-refractivity contribution is 6.18. The molecule has 0 aliphatic heterocycles. The monoisotopic (exact) mass is 278 g/mol. The first-order chi connectivity index (χ1) is 8.27. The van der Waals surface area contributed by atoms with E-state index >= 15 is 0 Å². The molecule has 0 saturated carbocycles. The molecule has 17 heavy (non-hydrogen) atoms. The molecule has 1 aromatic carbocycles. The Hall–Kier alpha value is -0.800. The van der Waals surface area contributed by atoms with E-state index in [2.05, 4.69) is 0 Å². The van der Waals surface area contributed by atoms with Crippen molar-refractivity contribution in [3.8, 4) is 17.2 Å². The van der Waals surface area contributed by atoms with Crippen molar-refractivity contribution >= 4 is 23.2 Å². The van der Waals surface area contributed by atoms with Gasteiger partial charge >= 0.3 is 0 Å². The molecule has 0 radical (unpaired) electrons. The maximum atomic E-state index is 9.68. The average Bonchev–Trinajstić information content (AvgIpc) is 2.32. The van der Waals surface area contributed by atoms with Crippen LogP contribution in [0.25, 0.3) is 0 Å². The minimum atomic E-state index is 0.0722. The lowest BCUT2D eigenvalue weighted by Crippen LogP contribution is -2.00. The van der Waals surface area contributed by atoms with E-state index in [1.54, 1.807) is 12.1 Å². The molecule has 0 heterocycles. The van der Waals surface area contributed by atoms with Gasteiger partial charge in [0.25, 0.3) is 0 Å². The number of phenols is 1. The van der Waals surface area contributed by atoms with E-state index in [1.165, 1.54) is 6.07 Å². The molecule has 1 aromatic rings. The van der Waals surface area contributed by atoms with Gasteiger partial charge in [-0.15, -0.1) is 23.2 Å². The van der Waals surface area contributed by atoms with Gasteiger partial charge in [0.2, 0.25) is 0 Å². The minimum absolute atomic E-state index is 0.0722. The van der Waals surface area contributed by atoms with Crippen molar-refractivity contribution in [3.05, 3.63) is 18.2 Å². The van der Waals surface area contributed by atoms with Gasteiger partial charge in [0.15, 0.2) is 11.5 Å². The largest absolute Gasteiger partial charge is 0.504 e. The number of benzene rings is 1. The molecule has 1 rings (SSSR count). The third-order valence-corrected chi connectivity index (χ3v) is 2.55. The summed E-state index contributed by atoms with van der Waals surface area (Å²) in [5.41, 5.74) is 0. The van der Waals surface area contributed by atoms with Crippen LogP contribution in [-0.2, 0) is 0 Å². The number of hydrogen-bond donors (Lipinski definition) is 1. The molecule has 0 spiro atoms. The lowest BCUT2D eigenvalue weighted by atomic mass is 10.3. The van der Waals surface area contributed by atoms with E-state index in [9.17, 15) is 5.11 Å². The molecule has 3 nitrogen and oxygen atoms in total. The fraction of sp³-hybridized carbons (Fsp3) is 0.500. The maximum absolute atomic E-state index is 9.68. The molecule has 5 heteroatoms. The highest BCUT2D eigenvalue weighted by Gasteiger charge is 2.04. The van der Waals surface area contributed by atoms with Crippen molar-refractivity contribution in [2.24, 2.45) is 0 Å². The maximum Gasteiger partial charge on any atom is 0.161 e. The summed E-state index contributed by atoms with van der Waals surface area (Å²) in [6.07, 6.45) is 1.52. The van der Waals surface area contributed by atoms with Crippen LogP contribution in [0.3, 0.4) is 0 Å². The number of halogens is 2. The van der Waals surface area contributed by atoms with Gasteiger partial charge in [0, 0.05) is 17.8 Å². The SMILES string of the molecule is Oc1cc(OCCCCl)ccc1OCCCCl. The topological polar surface area (TPSA) is 38.7 Å². The highest BCUT2D eigenvalue weighted by Crippen LogP contribution is 2.30. The smallest absolute Gasteiger partial charge is 0.161 e. The van der Waals surface area contributed by atoms with Gasteiger partial charge in [0.05, 0.1) is 13.2 Å². The summed E-state index contributed by atoms with van der Waals surface area (Å²) in [7, 11) is 0. The lowest BCUT2D eigenvalue weighted by molar-refractivity contribution is 0.293. The Balaban J connectivity index is 2.47. The number of alkyl halides is 2. The van der Waals surface area contributed by atoms with E-state index in [4.69, 9.17) is 32.7 Å². The summed E-state index contributed by atoms with van der Waals surface area (Å²) in [6, 6.07) is 4.97. The van der Waals surface area contributed by atoms with Crippen LogP contribution in [0.2, 0.25) is 0 Å². The van der Waals surface area contributed by atoms with Gasteiger partial charge in [-0.25, -0.2) is 0 Å². The summed E-state index contributed by atoms with van der Waals surface area (Å²) in [5.74, 6) is 2.23. The van der Waals surface area contributed by atoms with Crippen LogP contribution in [-0.4, -0.2) is 30.1 Å². The van der Waals surface area contributed by atoms with Crippen molar-refractivity contribution in [1.82, 2.24) is 0 Å². The number of phenolic OH excluding ortho intramolecular Hbond substituents is 1. The van der Waals surface area contributed by atoms with Crippen LogP contribution in [0.4, 0.5) is 0 Å². The molecule has 0 atom stereocenters. The Morgan fingerprint density at radius 2 is 1.65 bits per heavy atom. The third kappa shape index (κ3) is 5.37. The van der Waals surface area contributed by atoms with Crippen molar-refractivity contribution in [2.75, 3.05) is 25.0 Å². The van der Waals surface area contributed by atoms with Crippen LogP contribution in [0, 0.1) is 0 Å². The normalized spacial score (nSPS) is 10.2. The molecule has 1 N–H and O–H groups in total. The van der Waals surface area contributed by atoms with Gasteiger partial charge in [-0.2, -0.15) is 0 Å². The first kappa shape index (κ1) is 14.3. The second-order valence-corrected chi connectivity index (χ2v) is 4.17.